The van der Waals surface area contributed by atoms with Crippen LogP contribution in [-0.2, 0) is 35.1 Å². The number of carbonyl (C=O) groups is 5. The van der Waals surface area contributed by atoms with E-state index in [1.807, 2.05) is 0 Å². The zero-order chi connectivity index (χ0) is 29.7. The fraction of sp³-hybridized carbons (Fsp3) is 0.393. The highest BCUT2D eigenvalue weighted by Gasteiger charge is 2.27. The minimum Gasteiger partial charge on any atom is -0.482 e. The minimum absolute atomic E-state index is 0.0930. The molecule has 0 aliphatic heterocycles. The van der Waals surface area contributed by atoms with E-state index in [9.17, 15) is 24.0 Å². The van der Waals surface area contributed by atoms with Crippen LogP contribution in [0.25, 0.3) is 0 Å². The SMILES string of the molecule is CCOC(=O)COc1ccc(C[C@H](NC(=O)CNC(=O)c2cccc(OCC(=O)O)c2)C(=O)OC(C)(C)C)cc1. The van der Waals surface area contributed by atoms with Gasteiger partial charge in [-0.2, -0.15) is 0 Å². The van der Waals surface area contributed by atoms with Crippen LogP contribution in [0.15, 0.2) is 48.5 Å². The number of carboxylic acid groups (broad SMARTS) is 1. The largest absolute Gasteiger partial charge is 0.482 e. The number of nitrogens with one attached hydrogen (secondary N) is 2. The first-order valence-electron chi connectivity index (χ1n) is 12.5. The van der Waals surface area contributed by atoms with E-state index in [0.29, 0.717) is 11.3 Å². The normalized spacial score (nSPS) is 11.5. The first kappa shape index (κ1) is 31.6. The Morgan fingerprint density at radius 2 is 1.60 bits per heavy atom. The van der Waals surface area contributed by atoms with E-state index in [0.717, 1.165) is 0 Å². The van der Waals surface area contributed by atoms with Crippen molar-refractivity contribution in [3.05, 3.63) is 59.7 Å². The molecule has 0 unspecified atom stereocenters. The molecule has 0 aliphatic rings. The number of carboxylic acids is 1. The van der Waals surface area contributed by atoms with E-state index in [1.54, 1.807) is 52.0 Å². The van der Waals surface area contributed by atoms with E-state index in [-0.39, 0.29) is 30.9 Å². The minimum atomic E-state index is -1.16. The summed E-state index contributed by atoms with van der Waals surface area (Å²) in [5, 5.41) is 13.8. The highest BCUT2D eigenvalue weighted by atomic mass is 16.6. The topological polar surface area (TPSA) is 167 Å². The second kappa shape index (κ2) is 15.1. The lowest BCUT2D eigenvalue weighted by Crippen LogP contribution is -2.48. The average Bonchev–Trinajstić information content (AvgIpc) is 2.89. The Hall–Kier alpha value is -4.61. The zero-order valence-corrected chi connectivity index (χ0v) is 22.9. The number of benzene rings is 2. The van der Waals surface area contributed by atoms with Gasteiger partial charge >= 0.3 is 17.9 Å². The van der Waals surface area contributed by atoms with E-state index < -0.39 is 54.5 Å². The van der Waals surface area contributed by atoms with Crippen molar-refractivity contribution in [1.29, 1.82) is 0 Å². The summed E-state index contributed by atoms with van der Waals surface area (Å²) < 4.78 is 20.7. The molecule has 2 aromatic carbocycles. The molecule has 2 aromatic rings. The molecule has 0 spiro atoms. The molecule has 0 aromatic heterocycles. The monoisotopic (exact) mass is 558 g/mol. The van der Waals surface area contributed by atoms with Crippen LogP contribution < -0.4 is 20.1 Å². The predicted molar refractivity (Wildman–Crippen MR) is 142 cm³/mol. The molecule has 1 atom stereocenters. The first-order chi connectivity index (χ1) is 18.9. The highest BCUT2D eigenvalue weighted by Crippen LogP contribution is 2.16. The molecule has 12 nitrogen and oxygen atoms in total. The Balaban J connectivity index is 2.01. The second-order valence-electron chi connectivity index (χ2n) is 9.49. The summed E-state index contributed by atoms with van der Waals surface area (Å²) in [6.45, 7) is 5.81. The van der Waals surface area contributed by atoms with Gasteiger partial charge in [0.05, 0.1) is 13.2 Å². The van der Waals surface area contributed by atoms with Gasteiger partial charge in [0.2, 0.25) is 5.91 Å². The summed E-state index contributed by atoms with van der Waals surface area (Å²) in [5.41, 5.74) is 0.0405. The molecular weight excluding hydrogens is 524 g/mol. The van der Waals surface area contributed by atoms with Gasteiger partial charge < -0.3 is 34.7 Å². The quantitative estimate of drug-likeness (QED) is 0.291. The van der Waals surface area contributed by atoms with Crippen LogP contribution in [0.1, 0.15) is 43.6 Å². The molecule has 0 saturated heterocycles. The number of amides is 2. The Kier molecular flexibility index (Phi) is 11.9. The van der Waals surface area contributed by atoms with E-state index >= 15 is 0 Å². The van der Waals surface area contributed by atoms with Crippen LogP contribution in [0.3, 0.4) is 0 Å². The molecule has 0 bridgehead atoms. The Bertz CT molecular complexity index is 1190. The number of hydrogen-bond acceptors (Lipinski definition) is 9. The molecule has 0 heterocycles. The number of hydrogen-bond donors (Lipinski definition) is 3. The van der Waals surface area contributed by atoms with Crippen LogP contribution in [0, 0.1) is 0 Å². The standard InChI is InChI=1S/C28H34N2O10/c1-5-37-25(34)17-39-20-11-9-18(10-12-20)13-22(27(36)40-28(2,3)4)30-23(31)15-29-26(35)19-7-6-8-21(14-19)38-16-24(32)33/h6-12,14,22H,5,13,15-17H2,1-4H3,(H,29,35)(H,30,31)(H,32,33)/t22-/m0/s1. The Morgan fingerprint density at radius 1 is 0.925 bits per heavy atom. The number of aliphatic carboxylic acids is 1. The fourth-order valence-corrected chi connectivity index (χ4v) is 3.25. The summed E-state index contributed by atoms with van der Waals surface area (Å²) in [7, 11) is 0. The molecule has 3 N–H and O–H groups in total. The Morgan fingerprint density at radius 3 is 2.23 bits per heavy atom. The highest BCUT2D eigenvalue weighted by molar-refractivity contribution is 5.97. The predicted octanol–water partition coefficient (Wildman–Crippen LogP) is 1.89. The Labute approximate surface area is 231 Å². The summed E-state index contributed by atoms with van der Waals surface area (Å²) in [6, 6.07) is 11.4. The third-order valence-electron chi connectivity index (χ3n) is 4.92. The first-order valence-corrected chi connectivity index (χ1v) is 12.5. The molecule has 2 rings (SSSR count). The second-order valence-corrected chi connectivity index (χ2v) is 9.49. The van der Waals surface area contributed by atoms with Crippen LogP contribution in [0.4, 0.5) is 0 Å². The summed E-state index contributed by atoms with van der Waals surface area (Å²) in [4.78, 5) is 60.2. The van der Waals surface area contributed by atoms with Gasteiger partial charge in [-0.1, -0.05) is 18.2 Å². The van der Waals surface area contributed by atoms with Crippen molar-refractivity contribution in [2.24, 2.45) is 0 Å². The molecule has 12 heteroatoms. The third kappa shape index (κ3) is 11.8. The van der Waals surface area contributed by atoms with Crippen LogP contribution >= 0.6 is 0 Å². The van der Waals surface area contributed by atoms with E-state index in [1.165, 1.54) is 24.3 Å². The molecule has 2 amide bonds. The molecule has 0 radical (unpaired) electrons. The molecule has 0 aliphatic carbocycles. The number of carbonyl (C=O) groups excluding carboxylic acids is 4. The van der Waals surface area contributed by atoms with Gasteiger partial charge in [-0.25, -0.2) is 14.4 Å². The van der Waals surface area contributed by atoms with Crippen molar-refractivity contribution in [1.82, 2.24) is 10.6 Å². The van der Waals surface area contributed by atoms with Gasteiger partial charge in [0.1, 0.15) is 23.1 Å². The van der Waals surface area contributed by atoms with Crippen molar-refractivity contribution in [3.63, 3.8) is 0 Å². The fourth-order valence-electron chi connectivity index (χ4n) is 3.25. The molecule has 216 valence electrons. The molecule has 0 saturated carbocycles. The van der Waals surface area contributed by atoms with Gasteiger partial charge in [0.15, 0.2) is 13.2 Å². The van der Waals surface area contributed by atoms with Crippen LogP contribution in [0.2, 0.25) is 0 Å². The number of ether oxygens (including phenoxy) is 4. The smallest absolute Gasteiger partial charge is 0.344 e. The van der Waals surface area contributed by atoms with Gasteiger partial charge in [0, 0.05) is 12.0 Å². The molecular formula is C28H34N2O10. The molecule has 0 fully saturated rings. The summed E-state index contributed by atoms with van der Waals surface area (Å²) in [5.74, 6) is -2.93. The summed E-state index contributed by atoms with van der Waals surface area (Å²) in [6.07, 6.45) is 0.0930. The van der Waals surface area contributed by atoms with Crippen molar-refractivity contribution in [2.45, 2.75) is 45.8 Å². The lowest BCUT2D eigenvalue weighted by atomic mass is 10.1. The van der Waals surface area contributed by atoms with E-state index in [2.05, 4.69) is 10.6 Å². The third-order valence-corrected chi connectivity index (χ3v) is 4.92. The van der Waals surface area contributed by atoms with Crippen molar-refractivity contribution < 1.29 is 48.0 Å². The van der Waals surface area contributed by atoms with Crippen molar-refractivity contribution >= 4 is 29.7 Å². The maximum absolute atomic E-state index is 12.9. The van der Waals surface area contributed by atoms with E-state index in [4.69, 9.17) is 24.1 Å². The average molecular weight is 559 g/mol. The van der Waals surface area contributed by atoms with Gasteiger partial charge in [-0.15, -0.1) is 0 Å². The zero-order valence-electron chi connectivity index (χ0n) is 22.9. The lowest BCUT2D eigenvalue weighted by Gasteiger charge is -2.25. The van der Waals surface area contributed by atoms with Crippen LogP contribution in [0.5, 0.6) is 11.5 Å². The molecule has 40 heavy (non-hydrogen) atoms. The maximum Gasteiger partial charge on any atom is 0.344 e. The summed E-state index contributed by atoms with van der Waals surface area (Å²) >= 11 is 0. The van der Waals surface area contributed by atoms with Gasteiger partial charge in [-0.05, 0) is 63.6 Å². The maximum atomic E-state index is 12.9. The number of esters is 2. The van der Waals surface area contributed by atoms with Crippen LogP contribution in [-0.4, -0.2) is 72.8 Å². The van der Waals surface area contributed by atoms with Crippen molar-refractivity contribution in [2.75, 3.05) is 26.4 Å². The van der Waals surface area contributed by atoms with Gasteiger partial charge in [0.25, 0.3) is 5.91 Å². The van der Waals surface area contributed by atoms with Gasteiger partial charge in [-0.3, -0.25) is 9.59 Å². The number of rotatable bonds is 14. The lowest BCUT2D eigenvalue weighted by molar-refractivity contribution is -0.158. The van der Waals surface area contributed by atoms with Crippen molar-refractivity contribution in [3.8, 4) is 11.5 Å².